The lowest BCUT2D eigenvalue weighted by molar-refractivity contribution is -0.167. The van der Waals surface area contributed by atoms with Gasteiger partial charge in [-0.1, -0.05) is 271 Å². The number of hydrogen-bond donors (Lipinski definition) is 0. The first kappa shape index (κ1) is 58.4. The number of hydrogen-bond acceptors (Lipinski definition) is 6. The van der Waals surface area contributed by atoms with Crippen molar-refractivity contribution in [3.05, 3.63) is 0 Å². The zero-order chi connectivity index (χ0) is 43.7. The highest BCUT2D eigenvalue weighted by Crippen LogP contribution is 2.17. The van der Waals surface area contributed by atoms with Crippen LogP contribution in [0.4, 0.5) is 0 Å². The van der Waals surface area contributed by atoms with Crippen molar-refractivity contribution in [3.8, 4) is 0 Å². The molecule has 60 heavy (non-hydrogen) atoms. The van der Waals surface area contributed by atoms with Crippen LogP contribution < -0.4 is 0 Å². The fourth-order valence-corrected chi connectivity index (χ4v) is 8.27. The van der Waals surface area contributed by atoms with Crippen LogP contribution in [0, 0.1) is 0 Å². The molecule has 0 rings (SSSR count). The van der Waals surface area contributed by atoms with Crippen molar-refractivity contribution in [2.45, 2.75) is 316 Å². The minimum atomic E-state index is -0.758. The van der Waals surface area contributed by atoms with E-state index in [2.05, 4.69) is 20.8 Å². The van der Waals surface area contributed by atoms with Gasteiger partial charge < -0.3 is 14.2 Å². The molecule has 0 spiro atoms. The predicted molar refractivity (Wildman–Crippen MR) is 257 cm³/mol. The third kappa shape index (κ3) is 47.5. The normalized spacial score (nSPS) is 11.8. The Morgan fingerprint density at radius 2 is 0.450 bits per heavy atom. The van der Waals surface area contributed by atoms with Gasteiger partial charge in [0, 0.05) is 19.3 Å². The van der Waals surface area contributed by atoms with Gasteiger partial charge in [0.1, 0.15) is 13.2 Å². The summed E-state index contributed by atoms with van der Waals surface area (Å²) in [6.45, 7) is 6.61. The topological polar surface area (TPSA) is 78.9 Å². The first-order chi connectivity index (χ1) is 29.5. The smallest absolute Gasteiger partial charge is 0.306 e. The SMILES string of the molecule is CCCCCCCCCCCCCCCCCCCCCC(=O)O[C@@H](COC(=O)CCCCCCC)COC(=O)CCCCCCCCCCCCCCCCCCCC. The first-order valence-electron chi connectivity index (χ1n) is 27.0. The summed E-state index contributed by atoms with van der Waals surface area (Å²) in [5, 5.41) is 0. The minimum Gasteiger partial charge on any atom is -0.462 e. The number of carbonyl (C=O) groups is 3. The Morgan fingerprint density at radius 3 is 0.667 bits per heavy atom. The molecule has 1 atom stereocenters. The van der Waals surface area contributed by atoms with Crippen molar-refractivity contribution in [2.24, 2.45) is 0 Å². The predicted octanol–water partition coefficient (Wildman–Crippen LogP) is 17.6. The van der Waals surface area contributed by atoms with E-state index >= 15 is 0 Å². The van der Waals surface area contributed by atoms with Crippen LogP contribution in [0.2, 0.25) is 0 Å². The molecule has 0 aliphatic rings. The maximum atomic E-state index is 12.7. The van der Waals surface area contributed by atoms with Gasteiger partial charge in [0.25, 0.3) is 0 Å². The van der Waals surface area contributed by atoms with E-state index in [9.17, 15) is 14.4 Å². The van der Waals surface area contributed by atoms with Crippen molar-refractivity contribution in [3.63, 3.8) is 0 Å². The van der Waals surface area contributed by atoms with E-state index in [4.69, 9.17) is 14.2 Å². The van der Waals surface area contributed by atoms with Crippen LogP contribution in [0.1, 0.15) is 310 Å². The van der Waals surface area contributed by atoms with Crippen molar-refractivity contribution in [1.82, 2.24) is 0 Å². The Hall–Kier alpha value is -1.59. The van der Waals surface area contributed by atoms with Crippen LogP contribution in [0.3, 0.4) is 0 Å². The molecule has 0 saturated heterocycles. The Kier molecular flexibility index (Phi) is 48.7. The fraction of sp³-hybridized carbons (Fsp3) is 0.944. The standard InChI is InChI=1S/C54H104O6/c1-4-7-10-13-15-17-19-21-23-25-27-29-31-33-35-37-39-42-45-48-54(57)60-51(49-58-52(55)46-43-40-12-9-6-3)50-59-53(56)47-44-41-38-36-34-32-30-28-26-24-22-20-18-16-14-11-8-5-2/h51H,4-50H2,1-3H3/t51-/m0/s1. The average Bonchev–Trinajstić information content (AvgIpc) is 3.24. The molecule has 0 fully saturated rings. The van der Waals surface area contributed by atoms with Gasteiger partial charge in [-0.05, 0) is 19.3 Å². The number of carbonyl (C=O) groups excluding carboxylic acids is 3. The summed E-state index contributed by atoms with van der Waals surface area (Å²) in [6.07, 6.45) is 54.2. The lowest BCUT2D eigenvalue weighted by Gasteiger charge is -2.18. The lowest BCUT2D eigenvalue weighted by atomic mass is 10.0. The molecule has 0 heterocycles. The summed E-state index contributed by atoms with van der Waals surface area (Å²) in [5.41, 5.74) is 0. The molecule has 0 aliphatic heterocycles. The van der Waals surface area contributed by atoms with Crippen molar-refractivity contribution < 1.29 is 28.6 Å². The minimum absolute atomic E-state index is 0.0629. The molecule has 356 valence electrons. The summed E-state index contributed by atoms with van der Waals surface area (Å²) in [4.78, 5) is 37.7. The van der Waals surface area contributed by atoms with Crippen LogP contribution in [-0.2, 0) is 28.6 Å². The van der Waals surface area contributed by atoms with Gasteiger partial charge in [0.05, 0.1) is 0 Å². The van der Waals surface area contributed by atoms with Crippen LogP contribution in [-0.4, -0.2) is 37.2 Å². The highest BCUT2D eigenvalue weighted by molar-refractivity contribution is 5.71. The number of esters is 3. The maximum Gasteiger partial charge on any atom is 0.306 e. The molecule has 0 saturated carbocycles. The third-order valence-electron chi connectivity index (χ3n) is 12.4. The molecular weight excluding hydrogens is 745 g/mol. The van der Waals surface area contributed by atoms with Crippen molar-refractivity contribution >= 4 is 17.9 Å². The second-order valence-electron chi connectivity index (χ2n) is 18.5. The van der Waals surface area contributed by atoms with Gasteiger partial charge in [-0.3, -0.25) is 14.4 Å². The molecular formula is C54H104O6. The summed E-state index contributed by atoms with van der Waals surface area (Å²) >= 11 is 0. The van der Waals surface area contributed by atoms with Crippen LogP contribution >= 0.6 is 0 Å². The molecule has 0 aromatic heterocycles. The zero-order valence-corrected chi connectivity index (χ0v) is 40.8. The van der Waals surface area contributed by atoms with Crippen molar-refractivity contribution in [2.75, 3.05) is 13.2 Å². The Balaban J connectivity index is 4.07. The molecule has 0 aromatic carbocycles. The second kappa shape index (κ2) is 50.1. The van der Waals surface area contributed by atoms with Gasteiger partial charge in [-0.2, -0.15) is 0 Å². The number of unbranched alkanes of at least 4 members (excludes halogenated alkanes) is 39. The molecule has 6 heteroatoms. The lowest BCUT2D eigenvalue weighted by Crippen LogP contribution is -2.30. The molecule has 0 bridgehead atoms. The van der Waals surface area contributed by atoms with E-state index in [1.807, 2.05) is 0 Å². The van der Waals surface area contributed by atoms with Gasteiger partial charge in [0.2, 0.25) is 0 Å². The summed E-state index contributed by atoms with van der Waals surface area (Å²) in [5.74, 6) is -0.854. The van der Waals surface area contributed by atoms with Crippen LogP contribution in [0.5, 0.6) is 0 Å². The Morgan fingerprint density at radius 1 is 0.267 bits per heavy atom. The van der Waals surface area contributed by atoms with Gasteiger partial charge in [0.15, 0.2) is 6.10 Å². The summed E-state index contributed by atoms with van der Waals surface area (Å²) < 4.78 is 16.7. The van der Waals surface area contributed by atoms with Crippen molar-refractivity contribution in [1.29, 1.82) is 0 Å². The van der Waals surface area contributed by atoms with Gasteiger partial charge in [-0.15, -0.1) is 0 Å². The monoisotopic (exact) mass is 849 g/mol. The molecule has 0 amide bonds. The van der Waals surface area contributed by atoms with Crippen LogP contribution in [0.15, 0.2) is 0 Å². The Labute approximate surface area is 374 Å². The molecule has 0 unspecified atom stereocenters. The molecule has 6 nitrogen and oxygen atoms in total. The van der Waals surface area contributed by atoms with E-state index in [1.54, 1.807) is 0 Å². The van der Waals surface area contributed by atoms with E-state index in [0.29, 0.717) is 19.3 Å². The average molecular weight is 849 g/mol. The molecule has 0 radical (unpaired) electrons. The largest absolute Gasteiger partial charge is 0.462 e. The third-order valence-corrected chi connectivity index (χ3v) is 12.4. The Bertz CT molecular complexity index is 889. The fourth-order valence-electron chi connectivity index (χ4n) is 8.27. The van der Waals surface area contributed by atoms with E-state index < -0.39 is 6.10 Å². The van der Waals surface area contributed by atoms with Crippen LogP contribution in [0.25, 0.3) is 0 Å². The molecule has 0 aromatic rings. The zero-order valence-electron chi connectivity index (χ0n) is 40.8. The highest BCUT2D eigenvalue weighted by atomic mass is 16.6. The van der Waals surface area contributed by atoms with E-state index in [0.717, 1.165) is 64.2 Å². The number of rotatable bonds is 50. The second-order valence-corrected chi connectivity index (χ2v) is 18.5. The summed E-state index contributed by atoms with van der Waals surface area (Å²) in [7, 11) is 0. The quantitative estimate of drug-likeness (QED) is 0.0345. The van der Waals surface area contributed by atoms with Gasteiger partial charge >= 0.3 is 17.9 Å². The molecule has 0 N–H and O–H groups in total. The maximum absolute atomic E-state index is 12.7. The highest BCUT2D eigenvalue weighted by Gasteiger charge is 2.19. The van der Waals surface area contributed by atoms with E-state index in [1.165, 1.54) is 205 Å². The number of ether oxygens (including phenoxy) is 3. The first-order valence-corrected chi connectivity index (χ1v) is 27.0. The summed E-state index contributed by atoms with van der Waals surface area (Å²) in [6, 6.07) is 0. The van der Waals surface area contributed by atoms with Gasteiger partial charge in [-0.25, -0.2) is 0 Å². The molecule has 0 aliphatic carbocycles. The van der Waals surface area contributed by atoms with E-state index in [-0.39, 0.29) is 31.1 Å².